The van der Waals surface area contributed by atoms with Crippen molar-refractivity contribution in [1.82, 2.24) is 4.98 Å². The molecule has 1 aromatic carbocycles. The number of hydrogen-bond donors (Lipinski definition) is 0. The lowest BCUT2D eigenvalue weighted by Gasteiger charge is -2.03. The Morgan fingerprint density at radius 1 is 1.25 bits per heavy atom. The minimum atomic E-state index is -0.345. The Bertz CT molecular complexity index is 529. The van der Waals surface area contributed by atoms with E-state index in [0.29, 0.717) is 5.56 Å². The second-order valence-corrected chi connectivity index (χ2v) is 3.38. The Morgan fingerprint density at radius 3 is 2.75 bits per heavy atom. The van der Waals surface area contributed by atoms with Gasteiger partial charge in [0, 0.05) is 23.5 Å². The van der Waals surface area contributed by atoms with Gasteiger partial charge >= 0.3 is 0 Å². The highest BCUT2D eigenvalue weighted by Crippen LogP contribution is 2.21. The number of nitriles is 1. The van der Waals surface area contributed by atoms with Gasteiger partial charge in [-0.3, -0.25) is 4.98 Å². The molecule has 0 N–H and O–H groups in total. The van der Waals surface area contributed by atoms with Crippen molar-refractivity contribution in [2.45, 2.75) is 6.42 Å². The van der Waals surface area contributed by atoms with Crippen molar-refractivity contribution in [2.75, 3.05) is 0 Å². The average molecular weight is 212 g/mol. The molecule has 0 saturated heterocycles. The molecule has 2 aromatic rings. The lowest BCUT2D eigenvalue weighted by Crippen LogP contribution is -1.89. The lowest BCUT2D eigenvalue weighted by atomic mass is 10.0. The van der Waals surface area contributed by atoms with Crippen LogP contribution >= 0.6 is 0 Å². The predicted octanol–water partition coefficient (Wildman–Crippen LogP) is 2.95. The van der Waals surface area contributed by atoms with Gasteiger partial charge in [0.05, 0.1) is 12.5 Å². The summed E-state index contributed by atoms with van der Waals surface area (Å²) in [4.78, 5) is 3.97. The van der Waals surface area contributed by atoms with Crippen LogP contribution in [0.4, 0.5) is 4.39 Å². The lowest BCUT2D eigenvalue weighted by molar-refractivity contribution is 0.616. The Balaban J connectivity index is 2.39. The number of halogens is 1. The molecule has 2 nitrogen and oxygen atoms in total. The Kier molecular flexibility index (Phi) is 2.93. The highest BCUT2D eigenvalue weighted by atomic mass is 19.1. The van der Waals surface area contributed by atoms with Gasteiger partial charge < -0.3 is 0 Å². The molecule has 0 fully saturated rings. The summed E-state index contributed by atoms with van der Waals surface area (Å²) < 4.78 is 13.6. The molecule has 0 radical (unpaired) electrons. The molecule has 0 aliphatic carbocycles. The van der Waals surface area contributed by atoms with E-state index < -0.39 is 0 Å². The minimum absolute atomic E-state index is 0.0964. The normalized spacial score (nSPS) is 9.75. The van der Waals surface area contributed by atoms with Crippen LogP contribution < -0.4 is 0 Å². The van der Waals surface area contributed by atoms with Gasteiger partial charge in [-0.1, -0.05) is 18.2 Å². The fraction of sp³-hybridized carbons (Fsp3) is 0.0769. The van der Waals surface area contributed by atoms with Crippen LogP contribution in [-0.4, -0.2) is 4.98 Å². The molecule has 3 heteroatoms. The van der Waals surface area contributed by atoms with Crippen LogP contribution in [0.5, 0.6) is 0 Å². The third-order valence-electron chi connectivity index (χ3n) is 2.32. The molecule has 78 valence electrons. The summed E-state index contributed by atoms with van der Waals surface area (Å²) in [5.74, 6) is -0.345. The largest absolute Gasteiger partial charge is 0.264 e. The SMILES string of the molecule is N#CCc1ccc(-c2cccnc2)cc1F. The average Bonchev–Trinajstić information content (AvgIpc) is 2.33. The van der Waals surface area contributed by atoms with E-state index in [1.54, 1.807) is 30.6 Å². The van der Waals surface area contributed by atoms with Crippen LogP contribution in [0, 0.1) is 17.1 Å². The summed E-state index contributed by atoms with van der Waals surface area (Å²) in [6, 6.07) is 10.5. The van der Waals surface area contributed by atoms with Crippen molar-refractivity contribution in [3.8, 4) is 17.2 Å². The van der Waals surface area contributed by atoms with Crippen LogP contribution in [0.15, 0.2) is 42.7 Å². The number of rotatable bonds is 2. The fourth-order valence-corrected chi connectivity index (χ4v) is 1.49. The summed E-state index contributed by atoms with van der Waals surface area (Å²) in [5.41, 5.74) is 2.06. The Hall–Kier alpha value is -2.21. The van der Waals surface area contributed by atoms with Gasteiger partial charge in [-0.05, 0) is 17.7 Å². The fourth-order valence-electron chi connectivity index (χ4n) is 1.49. The van der Waals surface area contributed by atoms with E-state index in [9.17, 15) is 4.39 Å². The second-order valence-electron chi connectivity index (χ2n) is 3.38. The maximum atomic E-state index is 13.6. The maximum absolute atomic E-state index is 13.6. The van der Waals surface area contributed by atoms with Crippen molar-refractivity contribution in [3.63, 3.8) is 0 Å². The highest BCUT2D eigenvalue weighted by Gasteiger charge is 2.04. The third-order valence-corrected chi connectivity index (χ3v) is 2.32. The van der Waals surface area contributed by atoms with Gasteiger partial charge in [0.1, 0.15) is 5.82 Å². The zero-order valence-corrected chi connectivity index (χ0v) is 8.52. The smallest absolute Gasteiger partial charge is 0.128 e. The maximum Gasteiger partial charge on any atom is 0.128 e. The first-order valence-electron chi connectivity index (χ1n) is 4.87. The van der Waals surface area contributed by atoms with E-state index in [4.69, 9.17) is 5.26 Å². The first kappa shape index (κ1) is 10.3. The van der Waals surface area contributed by atoms with Gasteiger partial charge in [0.15, 0.2) is 0 Å². The molecule has 16 heavy (non-hydrogen) atoms. The summed E-state index contributed by atoms with van der Waals surface area (Å²) in [6.07, 6.45) is 3.45. The number of hydrogen-bond acceptors (Lipinski definition) is 2. The summed E-state index contributed by atoms with van der Waals surface area (Å²) in [5, 5.41) is 8.50. The van der Waals surface area contributed by atoms with Gasteiger partial charge in [-0.2, -0.15) is 5.26 Å². The molecule has 0 spiro atoms. The summed E-state index contributed by atoms with van der Waals surface area (Å²) in [6.45, 7) is 0. The zero-order chi connectivity index (χ0) is 11.4. The summed E-state index contributed by atoms with van der Waals surface area (Å²) >= 11 is 0. The van der Waals surface area contributed by atoms with E-state index >= 15 is 0 Å². The van der Waals surface area contributed by atoms with Crippen molar-refractivity contribution >= 4 is 0 Å². The van der Waals surface area contributed by atoms with E-state index in [1.165, 1.54) is 6.07 Å². The van der Waals surface area contributed by atoms with Gasteiger partial charge in [0.25, 0.3) is 0 Å². The molecule has 0 amide bonds. The van der Waals surface area contributed by atoms with E-state index in [1.807, 2.05) is 12.1 Å². The number of nitrogens with zero attached hydrogens (tertiary/aromatic N) is 2. The molecule has 0 bridgehead atoms. The third kappa shape index (κ3) is 2.06. The first-order chi connectivity index (χ1) is 7.81. The van der Waals surface area contributed by atoms with Gasteiger partial charge in [-0.25, -0.2) is 4.39 Å². The van der Waals surface area contributed by atoms with Crippen molar-refractivity contribution in [2.24, 2.45) is 0 Å². The molecule has 1 aromatic heterocycles. The van der Waals surface area contributed by atoms with Crippen molar-refractivity contribution < 1.29 is 4.39 Å². The van der Waals surface area contributed by atoms with Crippen molar-refractivity contribution in [3.05, 3.63) is 54.1 Å². The molecule has 2 rings (SSSR count). The molecule has 0 aliphatic rings. The molecule has 0 aliphatic heterocycles. The van der Waals surface area contributed by atoms with E-state index in [2.05, 4.69) is 4.98 Å². The standard InChI is InChI=1S/C13H9FN2/c14-13-8-11(4-3-10(13)5-6-15)12-2-1-7-16-9-12/h1-4,7-9H,5H2. The quantitative estimate of drug-likeness (QED) is 0.767. The number of benzene rings is 1. The summed E-state index contributed by atoms with van der Waals surface area (Å²) in [7, 11) is 0. The second kappa shape index (κ2) is 4.54. The van der Waals surface area contributed by atoms with Crippen molar-refractivity contribution in [1.29, 1.82) is 5.26 Å². The van der Waals surface area contributed by atoms with E-state index in [-0.39, 0.29) is 12.2 Å². The number of pyridine rings is 1. The van der Waals surface area contributed by atoms with Crippen LogP contribution in [-0.2, 0) is 6.42 Å². The minimum Gasteiger partial charge on any atom is -0.264 e. The van der Waals surface area contributed by atoms with Crippen LogP contribution in [0.1, 0.15) is 5.56 Å². The van der Waals surface area contributed by atoms with Crippen LogP contribution in [0.2, 0.25) is 0 Å². The topological polar surface area (TPSA) is 36.7 Å². The zero-order valence-electron chi connectivity index (χ0n) is 8.52. The molecule has 0 saturated carbocycles. The predicted molar refractivity (Wildman–Crippen MR) is 58.9 cm³/mol. The molecule has 0 unspecified atom stereocenters. The Morgan fingerprint density at radius 2 is 2.12 bits per heavy atom. The molecule has 1 heterocycles. The van der Waals surface area contributed by atoms with Crippen LogP contribution in [0.3, 0.4) is 0 Å². The van der Waals surface area contributed by atoms with Gasteiger partial charge in [0.2, 0.25) is 0 Å². The molecule has 0 atom stereocenters. The highest BCUT2D eigenvalue weighted by molar-refractivity contribution is 5.62. The monoisotopic (exact) mass is 212 g/mol. The first-order valence-corrected chi connectivity index (χ1v) is 4.87. The molecular formula is C13H9FN2. The van der Waals surface area contributed by atoms with Gasteiger partial charge in [-0.15, -0.1) is 0 Å². The van der Waals surface area contributed by atoms with Crippen LogP contribution in [0.25, 0.3) is 11.1 Å². The van der Waals surface area contributed by atoms with E-state index in [0.717, 1.165) is 11.1 Å². The molecular weight excluding hydrogens is 203 g/mol. The number of aromatic nitrogens is 1. The Labute approximate surface area is 93.0 Å².